The number of carbonyl (C=O) groups is 1. The number of rotatable bonds is 5. The Bertz CT molecular complexity index is 453. The molecule has 19 heavy (non-hydrogen) atoms. The molecule has 0 spiro atoms. The lowest BCUT2D eigenvalue weighted by Gasteiger charge is -2.09. The largest absolute Gasteiger partial charge is 0.389 e. The molecule has 0 aliphatic rings. The minimum atomic E-state index is -4.23. The van der Waals surface area contributed by atoms with Crippen LogP contribution in [0.1, 0.15) is 23.3 Å². The zero-order valence-corrected chi connectivity index (χ0v) is 10.5. The van der Waals surface area contributed by atoms with Crippen LogP contribution in [-0.4, -0.2) is 23.6 Å². The molecule has 1 aromatic rings. The number of hydrogen-bond donors (Lipinski definition) is 3. The average Bonchev–Trinajstić information content (AvgIpc) is 2.34. The van der Waals surface area contributed by atoms with Crippen LogP contribution in [0.25, 0.3) is 0 Å². The first kappa shape index (κ1) is 15.5. The van der Waals surface area contributed by atoms with E-state index in [4.69, 9.17) is 17.4 Å². The van der Waals surface area contributed by atoms with Gasteiger partial charge in [0.15, 0.2) is 0 Å². The summed E-state index contributed by atoms with van der Waals surface area (Å²) in [6.07, 6.45) is -5.40. The number of anilines is 1. The van der Waals surface area contributed by atoms with E-state index in [9.17, 15) is 18.0 Å². The number of carbonyl (C=O) groups excluding carboxylic acids is 1. The Morgan fingerprint density at radius 3 is 2.68 bits per heavy atom. The van der Waals surface area contributed by atoms with E-state index in [-0.39, 0.29) is 29.5 Å². The second-order valence-corrected chi connectivity index (χ2v) is 4.05. The van der Waals surface area contributed by atoms with Gasteiger partial charge in [-0.25, -0.2) is 10.8 Å². The number of hydrazine groups is 1. The molecule has 0 aliphatic carbocycles. The van der Waals surface area contributed by atoms with E-state index in [0.29, 0.717) is 0 Å². The molecule has 5 nitrogen and oxygen atoms in total. The van der Waals surface area contributed by atoms with E-state index in [1.54, 1.807) is 0 Å². The lowest BCUT2D eigenvalue weighted by atomic mass is 10.3. The van der Waals surface area contributed by atoms with E-state index in [0.717, 1.165) is 0 Å². The number of halogens is 4. The van der Waals surface area contributed by atoms with Crippen molar-refractivity contribution >= 4 is 23.3 Å². The number of aromatic nitrogens is 1. The van der Waals surface area contributed by atoms with Crippen molar-refractivity contribution in [1.29, 1.82) is 0 Å². The molecule has 4 N–H and O–H groups in total. The van der Waals surface area contributed by atoms with Gasteiger partial charge in [-0.3, -0.25) is 4.79 Å². The molecule has 1 rings (SSSR count). The molecule has 0 radical (unpaired) electrons. The fraction of sp³-hybridized carbons (Fsp3) is 0.400. The van der Waals surface area contributed by atoms with Crippen LogP contribution in [0.3, 0.4) is 0 Å². The predicted molar refractivity (Wildman–Crippen MR) is 64.7 cm³/mol. The van der Waals surface area contributed by atoms with Crippen molar-refractivity contribution in [2.24, 2.45) is 5.84 Å². The van der Waals surface area contributed by atoms with E-state index in [2.05, 4.69) is 15.7 Å². The van der Waals surface area contributed by atoms with Gasteiger partial charge >= 0.3 is 6.18 Å². The maximum atomic E-state index is 11.9. The molecule has 0 aliphatic heterocycles. The van der Waals surface area contributed by atoms with Crippen molar-refractivity contribution in [3.8, 4) is 0 Å². The number of nitrogens with two attached hydrogens (primary N) is 1. The molecule has 9 heteroatoms. The summed E-state index contributed by atoms with van der Waals surface area (Å²) in [4.78, 5) is 15.5. The SMILES string of the molecule is NNc1ccc(Cl)c(C(=O)NCCCC(F)(F)F)n1. The fourth-order valence-corrected chi connectivity index (χ4v) is 1.45. The maximum Gasteiger partial charge on any atom is 0.389 e. The molecule has 1 heterocycles. The second-order valence-electron chi connectivity index (χ2n) is 3.65. The summed E-state index contributed by atoms with van der Waals surface area (Å²) in [5.41, 5.74) is 2.14. The Balaban J connectivity index is 2.54. The summed E-state index contributed by atoms with van der Waals surface area (Å²) in [6.45, 7) is -0.114. The highest BCUT2D eigenvalue weighted by atomic mass is 35.5. The number of pyridine rings is 1. The van der Waals surface area contributed by atoms with Crippen molar-refractivity contribution < 1.29 is 18.0 Å². The second kappa shape index (κ2) is 6.58. The molecule has 1 amide bonds. The van der Waals surface area contributed by atoms with Crippen LogP contribution in [0.15, 0.2) is 12.1 Å². The van der Waals surface area contributed by atoms with Crippen molar-refractivity contribution in [3.05, 3.63) is 22.8 Å². The summed E-state index contributed by atoms with van der Waals surface area (Å²) in [6, 6.07) is 2.87. The van der Waals surface area contributed by atoms with Crippen molar-refractivity contribution in [3.63, 3.8) is 0 Å². The van der Waals surface area contributed by atoms with Gasteiger partial charge in [0.1, 0.15) is 11.5 Å². The normalized spacial score (nSPS) is 11.2. The summed E-state index contributed by atoms with van der Waals surface area (Å²) < 4.78 is 35.7. The van der Waals surface area contributed by atoms with Gasteiger partial charge < -0.3 is 10.7 Å². The summed E-state index contributed by atoms with van der Waals surface area (Å²) in [7, 11) is 0. The molecule has 0 unspecified atom stereocenters. The van der Waals surface area contributed by atoms with Gasteiger partial charge in [-0.1, -0.05) is 11.6 Å². The molecule has 0 bridgehead atoms. The molecule has 0 fully saturated rings. The van der Waals surface area contributed by atoms with Gasteiger partial charge in [0.25, 0.3) is 5.91 Å². The van der Waals surface area contributed by atoms with Gasteiger partial charge in [-0.2, -0.15) is 13.2 Å². The average molecular weight is 297 g/mol. The summed E-state index contributed by atoms with van der Waals surface area (Å²) in [5, 5.41) is 2.40. The molecule has 106 valence electrons. The number of hydrogen-bond acceptors (Lipinski definition) is 4. The van der Waals surface area contributed by atoms with E-state index in [1.165, 1.54) is 12.1 Å². The van der Waals surface area contributed by atoms with Crippen LogP contribution in [-0.2, 0) is 0 Å². The van der Waals surface area contributed by atoms with Crippen LogP contribution in [0, 0.1) is 0 Å². The Kier molecular flexibility index (Phi) is 5.37. The lowest BCUT2D eigenvalue weighted by molar-refractivity contribution is -0.135. The number of nitrogen functional groups attached to an aromatic ring is 1. The zero-order valence-electron chi connectivity index (χ0n) is 9.72. The predicted octanol–water partition coefficient (Wildman–Crippen LogP) is 2.09. The Morgan fingerprint density at radius 2 is 2.11 bits per heavy atom. The van der Waals surface area contributed by atoms with Crippen LogP contribution >= 0.6 is 11.6 Å². The van der Waals surface area contributed by atoms with Crippen molar-refractivity contribution in [1.82, 2.24) is 10.3 Å². The monoisotopic (exact) mass is 296 g/mol. The smallest absolute Gasteiger partial charge is 0.351 e. The number of nitrogens with one attached hydrogen (secondary N) is 2. The van der Waals surface area contributed by atoms with E-state index < -0.39 is 18.5 Å². The van der Waals surface area contributed by atoms with Gasteiger partial charge in [0.2, 0.25) is 0 Å². The van der Waals surface area contributed by atoms with Crippen LogP contribution in [0.4, 0.5) is 19.0 Å². The third-order valence-electron chi connectivity index (χ3n) is 2.13. The minimum Gasteiger partial charge on any atom is -0.351 e. The molecule has 1 aromatic heterocycles. The van der Waals surface area contributed by atoms with Crippen molar-refractivity contribution in [2.45, 2.75) is 19.0 Å². The first-order chi connectivity index (χ1) is 8.83. The number of amides is 1. The zero-order chi connectivity index (χ0) is 14.5. The Morgan fingerprint density at radius 1 is 1.42 bits per heavy atom. The van der Waals surface area contributed by atoms with Crippen LogP contribution < -0.4 is 16.6 Å². The topological polar surface area (TPSA) is 80.0 Å². The van der Waals surface area contributed by atoms with E-state index in [1.807, 2.05) is 0 Å². The molecular weight excluding hydrogens is 285 g/mol. The third-order valence-corrected chi connectivity index (χ3v) is 2.44. The Hall–Kier alpha value is -1.54. The van der Waals surface area contributed by atoms with Gasteiger partial charge in [-0.15, -0.1) is 0 Å². The minimum absolute atomic E-state index is 0.0901. The number of nitrogens with zero attached hydrogens (tertiary/aromatic N) is 1. The highest BCUT2D eigenvalue weighted by molar-refractivity contribution is 6.33. The van der Waals surface area contributed by atoms with E-state index >= 15 is 0 Å². The standard InChI is InChI=1S/C10H12ClF3N4O/c11-6-2-3-7(18-15)17-8(6)9(19)16-5-1-4-10(12,13)14/h2-3H,1,4-5,15H2,(H,16,19)(H,17,18). The first-order valence-corrected chi connectivity index (χ1v) is 5.69. The summed E-state index contributed by atoms with van der Waals surface area (Å²) >= 11 is 5.76. The fourth-order valence-electron chi connectivity index (χ4n) is 1.26. The van der Waals surface area contributed by atoms with Crippen molar-refractivity contribution in [2.75, 3.05) is 12.0 Å². The Labute approximate surface area is 112 Å². The number of alkyl halides is 3. The van der Waals surface area contributed by atoms with Gasteiger partial charge in [0.05, 0.1) is 5.02 Å². The van der Waals surface area contributed by atoms with Gasteiger partial charge in [0, 0.05) is 13.0 Å². The quantitative estimate of drug-likeness (QED) is 0.441. The van der Waals surface area contributed by atoms with Crippen LogP contribution in [0.2, 0.25) is 5.02 Å². The lowest BCUT2D eigenvalue weighted by Crippen LogP contribution is -2.27. The molecule has 0 aromatic carbocycles. The van der Waals surface area contributed by atoms with Gasteiger partial charge in [-0.05, 0) is 18.6 Å². The maximum absolute atomic E-state index is 11.9. The third kappa shape index (κ3) is 5.31. The first-order valence-electron chi connectivity index (χ1n) is 5.31. The highest BCUT2D eigenvalue weighted by Gasteiger charge is 2.26. The molecule has 0 atom stereocenters. The van der Waals surface area contributed by atoms with Crippen LogP contribution in [0.5, 0.6) is 0 Å². The molecular formula is C10H12ClF3N4O. The highest BCUT2D eigenvalue weighted by Crippen LogP contribution is 2.21. The molecule has 0 saturated carbocycles. The summed E-state index contributed by atoms with van der Waals surface area (Å²) in [5.74, 6) is 4.70. The molecule has 0 saturated heterocycles.